The van der Waals surface area contributed by atoms with Crippen molar-refractivity contribution in [2.24, 2.45) is 15.7 Å². The quantitative estimate of drug-likeness (QED) is 0.617. The predicted molar refractivity (Wildman–Crippen MR) is 113 cm³/mol. The molecule has 2 aliphatic heterocycles. The van der Waals surface area contributed by atoms with Crippen LogP contribution in [0.1, 0.15) is 5.82 Å². The number of morpholine rings is 1. The fourth-order valence-electron chi connectivity index (χ4n) is 3.23. The SMILES string of the molecule is C=N/C=C(\C(=N/CN)C(F)F)c1nc(N2CCOCC2)nc(N2CCN(C)CC2)n1. The molecule has 2 saturated heterocycles. The summed E-state index contributed by atoms with van der Waals surface area (Å²) >= 11 is 0. The second kappa shape index (κ2) is 10.5. The Balaban J connectivity index is 2.06. The number of rotatable bonds is 7. The number of anilines is 2. The molecule has 2 N–H and O–H groups in total. The topological polar surface area (TPSA) is 108 Å². The van der Waals surface area contributed by atoms with Gasteiger partial charge in [-0.25, -0.2) is 8.78 Å². The highest BCUT2D eigenvalue weighted by Gasteiger charge is 2.26. The normalized spacial score (nSPS) is 19.5. The average Bonchev–Trinajstić information content (AvgIpc) is 2.77. The Bertz CT molecular complexity index is 788. The van der Waals surface area contributed by atoms with Crippen LogP contribution in [0.4, 0.5) is 20.7 Å². The van der Waals surface area contributed by atoms with E-state index >= 15 is 0 Å². The maximum atomic E-state index is 13.7. The Morgan fingerprint density at radius 1 is 1.10 bits per heavy atom. The first kappa shape index (κ1) is 22.1. The molecular weight excluding hydrogens is 396 g/mol. The molecule has 0 amide bonds. The fraction of sp³-hybridized carbons (Fsp3) is 0.611. The number of allylic oxidation sites excluding steroid dienone is 1. The fourth-order valence-corrected chi connectivity index (χ4v) is 3.23. The molecule has 1 aromatic heterocycles. The standard InChI is InChI=1S/C18H27F2N9O/c1-22-11-13(14(15(19)20)23-12-21)16-24-17(28-5-3-27(2)4-6-28)26-18(25-16)29-7-9-30-10-8-29/h11,15H,1,3-10,12,21H2,2H3/b13-11+,23-14+. The highest BCUT2D eigenvalue weighted by atomic mass is 19.3. The molecule has 2 fully saturated rings. The molecule has 0 atom stereocenters. The minimum absolute atomic E-state index is 0.0160. The number of piperazine rings is 1. The summed E-state index contributed by atoms with van der Waals surface area (Å²) in [6.07, 6.45) is -1.68. The Morgan fingerprint density at radius 3 is 2.23 bits per heavy atom. The Kier molecular flexibility index (Phi) is 7.71. The molecule has 0 aromatic carbocycles. The van der Waals surface area contributed by atoms with Crippen molar-refractivity contribution in [3.8, 4) is 0 Å². The molecule has 30 heavy (non-hydrogen) atoms. The van der Waals surface area contributed by atoms with Crippen LogP contribution in [0.15, 0.2) is 16.2 Å². The van der Waals surface area contributed by atoms with E-state index in [0.29, 0.717) is 38.2 Å². The van der Waals surface area contributed by atoms with Crippen LogP contribution in [0, 0.1) is 0 Å². The van der Waals surface area contributed by atoms with Crippen LogP contribution in [-0.4, -0.2) is 105 Å². The summed E-state index contributed by atoms with van der Waals surface area (Å²) in [5, 5.41) is 0. The van der Waals surface area contributed by atoms with E-state index in [1.54, 1.807) is 0 Å². The van der Waals surface area contributed by atoms with Crippen molar-refractivity contribution in [2.45, 2.75) is 6.43 Å². The number of likely N-dealkylation sites (N-methyl/N-ethyl adjacent to an activating group) is 1. The van der Waals surface area contributed by atoms with Crippen molar-refractivity contribution in [3.63, 3.8) is 0 Å². The number of nitrogens with zero attached hydrogens (tertiary/aromatic N) is 8. The molecule has 164 valence electrons. The summed E-state index contributed by atoms with van der Waals surface area (Å²) in [7, 11) is 2.05. The Hall–Kier alpha value is -2.57. The van der Waals surface area contributed by atoms with E-state index in [9.17, 15) is 8.78 Å². The van der Waals surface area contributed by atoms with Crippen LogP contribution in [0.25, 0.3) is 5.57 Å². The largest absolute Gasteiger partial charge is 0.378 e. The van der Waals surface area contributed by atoms with Gasteiger partial charge in [0.1, 0.15) is 5.71 Å². The average molecular weight is 423 g/mol. The van der Waals surface area contributed by atoms with Gasteiger partial charge in [0.25, 0.3) is 6.43 Å². The zero-order chi connectivity index (χ0) is 21.5. The van der Waals surface area contributed by atoms with Gasteiger partial charge >= 0.3 is 0 Å². The summed E-state index contributed by atoms with van der Waals surface area (Å²) < 4.78 is 32.8. The summed E-state index contributed by atoms with van der Waals surface area (Å²) in [6, 6.07) is 0. The number of aliphatic imine (C=N–C) groups is 2. The second-order valence-electron chi connectivity index (χ2n) is 6.90. The smallest absolute Gasteiger partial charge is 0.280 e. The molecule has 1 aromatic rings. The Morgan fingerprint density at radius 2 is 1.70 bits per heavy atom. The number of alkyl halides is 2. The van der Waals surface area contributed by atoms with E-state index in [0.717, 1.165) is 26.2 Å². The van der Waals surface area contributed by atoms with E-state index < -0.39 is 12.1 Å². The van der Waals surface area contributed by atoms with Crippen molar-refractivity contribution in [1.29, 1.82) is 0 Å². The lowest BCUT2D eigenvalue weighted by atomic mass is 10.1. The van der Waals surface area contributed by atoms with E-state index in [4.69, 9.17) is 10.5 Å². The number of nitrogens with two attached hydrogens (primary N) is 1. The van der Waals surface area contributed by atoms with Gasteiger partial charge in [0.05, 0.1) is 25.5 Å². The summed E-state index contributed by atoms with van der Waals surface area (Å²) in [4.78, 5) is 27.2. The number of ether oxygens (including phenoxy) is 1. The van der Waals surface area contributed by atoms with E-state index in [1.165, 1.54) is 6.20 Å². The zero-order valence-corrected chi connectivity index (χ0v) is 17.0. The maximum absolute atomic E-state index is 13.7. The van der Waals surface area contributed by atoms with E-state index in [-0.39, 0.29) is 18.1 Å². The first-order valence-corrected chi connectivity index (χ1v) is 9.75. The summed E-state index contributed by atoms with van der Waals surface area (Å²) in [5.41, 5.74) is 4.87. The van der Waals surface area contributed by atoms with Gasteiger partial charge in [0.2, 0.25) is 11.9 Å². The summed E-state index contributed by atoms with van der Waals surface area (Å²) in [5.74, 6) is 0.916. The van der Waals surface area contributed by atoms with Gasteiger partial charge in [-0.05, 0) is 13.8 Å². The van der Waals surface area contributed by atoms with Crippen molar-refractivity contribution in [1.82, 2.24) is 19.9 Å². The van der Waals surface area contributed by atoms with E-state index in [1.807, 2.05) is 16.8 Å². The third-order valence-electron chi connectivity index (χ3n) is 4.90. The van der Waals surface area contributed by atoms with Gasteiger partial charge in [-0.2, -0.15) is 15.0 Å². The van der Waals surface area contributed by atoms with Gasteiger partial charge in [-0.1, -0.05) is 0 Å². The van der Waals surface area contributed by atoms with E-state index in [2.05, 4.69) is 36.6 Å². The molecular formula is C18H27F2N9O. The van der Waals surface area contributed by atoms with Crippen molar-refractivity contribution >= 4 is 29.9 Å². The summed E-state index contributed by atoms with van der Waals surface area (Å²) in [6.45, 7) is 8.52. The third-order valence-corrected chi connectivity index (χ3v) is 4.90. The van der Waals surface area contributed by atoms with Crippen molar-refractivity contribution in [3.05, 3.63) is 12.0 Å². The first-order chi connectivity index (χ1) is 14.5. The molecule has 2 aliphatic rings. The van der Waals surface area contributed by atoms with Crippen LogP contribution in [-0.2, 0) is 4.74 Å². The maximum Gasteiger partial charge on any atom is 0.280 e. The van der Waals surface area contributed by atoms with Gasteiger partial charge in [0.15, 0.2) is 5.82 Å². The van der Waals surface area contributed by atoms with Crippen molar-refractivity contribution in [2.75, 3.05) is 76.0 Å². The van der Waals surface area contributed by atoms with Crippen LogP contribution in [0.5, 0.6) is 0 Å². The zero-order valence-electron chi connectivity index (χ0n) is 17.0. The minimum Gasteiger partial charge on any atom is -0.378 e. The molecule has 0 unspecified atom stereocenters. The Labute approximate surface area is 174 Å². The van der Waals surface area contributed by atoms with Crippen molar-refractivity contribution < 1.29 is 13.5 Å². The number of hydrogen-bond donors (Lipinski definition) is 1. The van der Waals surface area contributed by atoms with Crippen LogP contribution in [0.2, 0.25) is 0 Å². The third kappa shape index (κ3) is 5.32. The monoisotopic (exact) mass is 423 g/mol. The minimum atomic E-state index is -2.86. The van der Waals surface area contributed by atoms with Crippen LogP contribution < -0.4 is 15.5 Å². The molecule has 0 saturated carbocycles. The van der Waals surface area contributed by atoms with Gasteiger partial charge in [0, 0.05) is 45.5 Å². The lowest BCUT2D eigenvalue weighted by Gasteiger charge is -2.33. The van der Waals surface area contributed by atoms with Gasteiger partial charge < -0.3 is 25.2 Å². The lowest BCUT2D eigenvalue weighted by molar-refractivity contribution is 0.122. The van der Waals surface area contributed by atoms with Gasteiger partial charge in [-0.15, -0.1) is 0 Å². The molecule has 3 rings (SSSR count). The predicted octanol–water partition coefficient (Wildman–Crippen LogP) is 0.124. The number of hydrogen-bond acceptors (Lipinski definition) is 10. The highest BCUT2D eigenvalue weighted by Crippen LogP contribution is 2.23. The molecule has 0 bridgehead atoms. The van der Waals surface area contributed by atoms with Crippen LogP contribution in [0.3, 0.4) is 0 Å². The first-order valence-electron chi connectivity index (χ1n) is 9.75. The lowest BCUT2D eigenvalue weighted by Crippen LogP contribution is -2.45. The molecule has 12 heteroatoms. The second-order valence-corrected chi connectivity index (χ2v) is 6.90. The molecule has 0 radical (unpaired) electrons. The number of halogens is 2. The van der Waals surface area contributed by atoms with Crippen LogP contribution >= 0.6 is 0 Å². The molecule has 10 nitrogen and oxygen atoms in total. The molecule has 3 heterocycles. The highest BCUT2D eigenvalue weighted by molar-refractivity contribution is 6.24. The molecule has 0 aliphatic carbocycles. The molecule has 0 spiro atoms. The van der Waals surface area contributed by atoms with Gasteiger partial charge in [-0.3, -0.25) is 9.98 Å². The number of aromatic nitrogens is 3.